The maximum Gasteiger partial charge on any atom is 0.257 e. The maximum atomic E-state index is 13.2. The number of piperidine rings is 1. The molecule has 0 aliphatic carbocycles. The molecule has 0 bridgehead atoms. The molecular formula is C25H31NO4. The molecule has 4 rings (SSSR count). The molecule has 0 unspecified atom stereocenters. The summed E-state index contributed by atoms with van der Waals surface area (Å²) >= 11 is 0. The number of para-hydroxylation sites is 1. The molecule has 160 valence electrons. The van der Waals surface area contributed by atoms with Crippen LogP contribution in [0.4, 0.5) is 0 Å². The third-order valence-electron chi connectivity index (χ3n) is 6.20. The van der Waals surface area contributed by atoms with E-state index in [0.717, 1.165) is 24.8 Å². The highest BCUT2D eigenvalue weighted by atomic mass is 16.5. The highest BCUT2D eigenvalue weighted by molar-refractivity contribution is 5.97. The quantitative estimate of drug-likeness (QED) is 0.797. The second kappa shape index (κ2) is 9.19. The van der Waals surface area contributed by atoms with Crippen molar-refractivity contribution in [2.45, 2.75) is 56.8 Å². The highest BCUT2D eigenvalue weighted by Crippen LogP contribution is 2.43. The minimum atomic E-state index is -0.380. The van der Waals surface area contributed by atoms with Crippen molar-refractivity contribution in [1.82, 2.24) is 4.90 Å². The highest BCUT2D eigenvalue weighted by Gasteiger charge is 2.44. The Kier molecular flexibility index (Phi) is 6.40. The fourth-order valence-electron chi connectivity index (χ4n) is 4.62. The molecule has 0 saturated carbocycles. The molecule has 1 amide bonds. The summed E-state index contributed by atoms with van der Waals surface area (Å²) in [6.45, 7) is 3.89. The van der Waals surface area contributed by atoms with Gasteiger partial charge >= 0.3 is 0 Å². The average Bonchev–Trinajstić information content (AvgIpc) is 2.78. The van der Waals surface area contributed by atoms with Crippen LogP contribution in [0.3, 0.4) is 0 Å². The van der Waals surface area contributed by atoms with Crippen LogP contribution >= 0.6 is 0 Å². The minimum Gasteiger partial charge on any atom is -0.493 e. The van der Waals surface area contributed by atoms with E-state index >= 15 is 0 Å². The van der Waals surface area contributed by atoms with Gasteiger partial charge in [0, 0.05) is 25.9 Å². The molecule has 2 aromatic carbocycles. The van der Waals surface area contributed by atoms with Crippen molar-refractivity contribution >= 4 is 5.91 Å². The summed E-state index contributed by atoms with van der Waals surface area (Å²) in [5.74, 6) is 0.658. The van der Waals surface area contributed by atoms with Gasteiger partial charge < -0.3 is 19.5 Å². The summed E-state index contributed by atoms with van der Waals surface area (Å²) in [4.78, 5) is 15.1. The molecule has 2 saturated heterocycles. The van der Waals surface area contributed by atoms with Crippen LogP contribution in [0.1, 0.15) is 61.1 Å². The van der Waals surface area contributed by atoms with Crippen LogP contribution in [0, 0.1) is 0 Å². The summed E-state index contributed by atoms with van der Waals surface area (Å²) < 4.78 is 12.3. The Bertz CT molecular complexity index is 845. The van der Waals surface area contributed by atoms with Crippen molar-refractivity contribution in [3.8, 4) is 5.75 Å². The van der Waals surface area contributed by atoms with Crippen molar-refractivity contribution in [2.75, 3.05) is 19.7 Å². The SMILES string of the molecule is CCCOc1ccccc1C(=O)N1CCC2(CC1)C[C@@H](O)C[C@H](c1ccccc1)O2. The van der Waals surface area contributed by atoms with E-state index in [-0.39, 0.29) is 23.7 Å². The van der Waals surface area contributed by atoms with Crippen LogP contribution < -0.4 is 4.74 Å². The summed E-state index contributed by atoms with van der Waals surface area (Å²) in [5.41, 5.74) is 1.36. The largest absolute Gasteiger partial charge is 0.493 e. The molecule has 2 atom stereocenters. The van der Waals surface area contributed by atoms with Gasteiger partial charge in [0.05, 0.1) is 30.0 Å². The lowest BCUT2D eigenvalue weighted by Crippen LogP contribution is -2.52. The average molecular weight is 410 g/mol. The Morgan fingerprint density at radius 2 is 1.83 bits per heavy atom. The van der Waals surface area contributed by atoms with Crippen LogP contribution in [0.2, 0.25) is 0 Å². The van der Waals surface area contributed by atoms with Gasteiger partial charge in [0.25, 0.3) is 5.91 Å². The molecular weight excluding hydrogens is 378 g/mol. The lowest BCUT2D eigenvalue weighted by Gasteiger charge is -2.48. The maximum absolute atomic E-state index is 13.2. The van der Waals surface area contributed by atoms with E-state index in [1.165, 1.54) is 0 Å². The van der Waals surface area contributed by atoms with Crippen molar-refractivity contribution in [1.29, 1.82) is 0 Å². The Balaban J connectivity index is 1.44. The molecule has 2 heterocycles. The molecule has 5 nitrogen and oxygen atoms in total. The van der Waals surface area contributed by atoms with Crippen LogP contribution in [0.15, 0.2) is 54.6 Å². The van der Waals surface area contributed by atoms with E-state index in [1.807, 2.05) is 47.4 Å². The summed E-state index contributed by atoms with van der Waals surface area (Å²) in [6.07, 6.45) is 3.14. The third-order valence-corrected chi connectivity index (χ3v) is 6.20. The van der Waals surface area contributed by atoms with Crippen molar-refractivity contribution in [3.05, 3.63) is 65.7 Å². The zero-order valence-electron chi connectivity index (χ0n) is 17.6. The van der Waals surface area contributed by atoms with E-state index in [0.29, 0.717) is 43.9 Å². The van der Waals surface area contributed by atoms with Gasteiger partial charge in [-0.05, 0) is 37.0 Å². The number of likely N-dealkylation sites (tertiary alicyclic amines) is 1. The number of amides is 1. The zero-order valence-corrected chi connectivity index (χ0v) is 17.6. The Hall–Kier alpha value is -2.37. The Morgan fingerprint density at radius 1 is 1.13 bits per heavy atom. The van der Waals surface area contributed by atoms with Crippen LogP contribution in [-0.4, -0.2) is 47.3 Å². The van der Waals surface area contributed by atoms with Gasteiger partial charge in [-0.15, -0.1) is 0 Å². The predicted molar refractivity (Wildman–Crippen MR) is 116 cm³/mol. The molecule has 2 fully saturated rings. The number of hydrogen-bond donors (Lipinski definition) is 1. The molecule has 2 aliphatic rings. The standard InChI is InChI=1S/C25H31NO4/c1-2-16-29-22-11-7-6-10-21(22)24(28)26-14-12-25(13-15-26)18-20(27)17-23(30-25)19-8-4-3-5-9-19/h3-11,20,23,27H,2,12-18H2,1H3/t20-,23+/m0/s1. The van der Waals surface area contributed by atoms with E-state index in [2.05, 4.69) is 19.1 Å². The second-order valence-corrected chi connectivity index (χ2v) is 8.43. The number of carbonyl (C=O) groups excluding carboxylic acids is 1. The molecule has 2 aromatic rings. The van der Waals surface area contributed by atoms with Gasteiger partial charge in [0.1, 0.15) is 5.75 Å². The molecule has 1 N–H and O–H groups in total. The van der Waals surface area contributed by atoms with Crippen molar-refractivity contribution < 1.29 is 19.4 Å². The number of carbonyl (C=O) groups is 1. The van der Waals surface area contributed by atoms with Crippen molar-refractivity contribution in [3.63, 3.8) is 0 Å². The monoisotopic (exact) mass is 409 g/mol. The van der Waals surface area contributed by atoms with Crippen LogP contribution in [-0.2, 0) is 4.74 Å². The molecule has 2 aliphatic heterocycles. The van der Waals surface area contributed by atoms with E-state index < -0.39 is 0 Å². The number of benzene rings is 2. The number of ether oxygens (including phenoxy) is 2. The number of rotatable bonds is 5. The first-order valence-corrected chi connectivity index (χ1v) is 11.0. The molecule has 0 radical (unpaired) electrons. The van der Waals surface area contributed by atoms with Gasteiger partial charge in [-0.3, -0.25) is 4.79 Å². The first-order valence-electron chi connectivity index (χ1n) is 11.0. The van der Waals surface area contributed by atoms with Gasteiger partial charge in [-0.1, -0.05) is 49.4 Å². The normalized spacial score (nSPS) is 23.3. The summed E-state index contributed by atoms with van der Waals surface area (Å²) in [5, 5.41) is 10.6. The van der Waals surface area contributed by atoms with E-state index in [1.54, 1.807) is 0 Å². The van der Waals surface area contributed by atoms with Gasteiger partial charge in [-0.2, -0.15) is 0 Å². The number of aliphatic hydroxyl groups is 1. The third kappa shape index (κ3) is 4.52. The minimum absolute atomic E-state index is 0.00696. The van der Waals surface area contributed by atoms with Gasteiger partial charge in [0.2, 0.25) is 0 Å². The second-order valence-electron chi connectivity index (χ2n) is 8.43. The van der Waals surface area contributed by atoms with Crippen LogP contribution in [0.5, 0.6) is 5.75 Å². The first-order chi connectivity index (χ1) is 14.6. The molecule has 0 aromatic heterocycles. The Labute approximate surface area is 178 Å². The van der Waals surface area contributed by atoms with E-state index in [9.17, 15) is 9.90 Å². The van der Waals surface area contributed by atoms with E-state index in [4.69, 9.17) is 9.47 Å². The number of nitrogens with zero attached hydrogens (tertiary/aromatic N) is 1. The smallest absolute Gasteiger partial charge is 0.257 e. The van der Waals surface area contributed by atoms with Gasteiger partial charge in [-0.25, -0.2) is 0 Å². The van der Waals surface area contributed by atoms with Crippen molar-refractivity contribution in [2.24, 2.45) is 0 Å². The van der Waals surface area contributed by atoms with Gasteiger partial charge in [0.15, 0.2) is 0 Å². The number of aliphatic hydroxyl groups excluding tert-OH is 1. The number of hydrogen-bond acceptors (Lipinski definition) is 4. The molecule has 1 spiro atoms. The lowest BCUT2D eigenvalue weighted by molar-refractivity contribution is -0.181. The summed E-state index contributed by atoms with van der Waals surface area (Å²) in [6, 6.07) is 17.6. The zero-order chi connectivity index (χ0) is 21.0. The fraction of sp³-hybridized carbons (Fsp3) is 0.480. The predicted octanol–water partition coefficient (Wildman–Crippen LogP) is 4.36. The lowest BCUT2D eigenvalue weighted by atomic mass is 9.80. The Morgan fingerprint density at radius 3 is 2.57 bits per heavy atom. The summed E-state index contributed by atoms with van der Waals surface area (Å²) in [7, 11) is 0. The topological polar surface area (TPSA) is 59.0 Å². The fourth-order valence-corrected chi connectivity index (χ4v) is 4.62. The first kappa shape index (κ1) is 20.9. The molecule has 30 heavy (non-hydrogen) atoms. The molecule has 5 heteroatoms. The van der Waals surface area contributed by atoms with Crippen LogP contribution in [0.25, 0.3) is 0 Å².